The predicted molar refractivity (Wildman–Crippen MR) is 103 cm³/mol. The molecular formula is C22H26O8. The third kappa shape index (κ3) is 3.28. The zero-order chi connectivity index (χ0) is 21.8. The van der Waals surface area contributed by atoms with Crippen LogP contribution in [0.15, 0.2) is 35.5 Å². The lowest BCUT2D eigenvalue weighted by Crippen LogP contribution is -2.41. The van der Waals surface area contributed by atoms with Crippen molar-refractivity contribution in [1.29, 1.82) is 0 Å². The molecule has 30 heavy (non-hydrogen) atoms. The van der Waals surface area contributed by atoms with Crippen LogP contribution in [0.25, 0.3) is 0 Å². The minimum absolute atomic E-state index is 0.233. The minimum Gasteiger partial charge on any atom is -0.458 e. The van der Waals surface area contributed by atoms with Crippen molar-refractivity contribution in [1.82, 2.24) is 0 Å². The Balaban J connectivity index is 1.72. The van der Waals surface area contributed by atoms with Crippen molar-refractivity contribution in [3.05, 3.63) is 35.5 Å². The average molecular weight is 418 g/mol. The van der Waals surface area contributed by atoms with E-state index in [4.69, 9.17) is 24.1 Å². The van der Waals surface area contributed by atoms with E-state index in [1.165, 1.54) is 13.0 Å². The van der Waals surface area contributed by atoms with Crippen molar-refractivity contribution < 1.29 is 38.4 Å². The molecule has 4 rings (SSSR count). The summed E-state index contributed by atoms with van der Waals surface area (Å²) >= 11 is 0. The van der Waals surface area contributed by atoms with Crippen LogP contribution >= 0.6 is 0 Å². The standard InChI is InChI=1S/C22H26O8/c1-10(5-6-23)20(25)29-15-8-22(9-27-22)18-14(28-13(4)24)7-11(2)16(18)19-17(15)12(3)21(26)30-19/h5,7,14-19,23H,3,6,8-9H2,1-2,4H3/b10-5+/t14-,15+,16-,17+,18+,19+,22-/m0/s1. The Morgan fingerprint density at radius 2 is 2.03 bits per heavy atom. The van der Waals surface area contributed by atoms with E-state index < -0.39 is 47.7 Å². The van der Waals surface area contributed by atoms with Crippen LogP contribution in [-0.4, -0.2) is 60.1 Å². The Labute approximate surface area is 174 Å². The molecule has 8 heteroatoms. The number of carbonyl (C=O) groups excluding carboxylic acids is 3. The van der Waals surface area contributed by atoms with Crippen molar-refractivity contribution in [2.75, 3.05) is 13.2 Å². The first-order valence-corrected chi connectivity index (χ1v) is 10.1. The van der Waals surface area contributed by atoms with Crippen molar-refractivity contribution in [3.63, 3.8) is 0 Å². The Hall–Kier alpha value is -2.45. The van der Waals surface area contributed by atoms with Crippen LogP contribution in [0.1, 0.15) is 27.2 Å². The zero-order valence-corrected chi connectivity index (χ0v) is 17.3. The quantitative estimate of drug-likeness (QED) is 0.239. The van der Waals surface area contributed by atoms with Crippen molar-refractivity contribution in [2.24, 2.45) is 17.8 Å². The summed E-state index contributed by atoms with van der Waals surface area (Å²) < 4.78 is 23.0. The van der Waals surface area contributed by atoms with Crippen LogP contribution in [0.4, 0.5) is 0 Å². The van der Waals surface area contributed by atoms with E-state index in [9.17, 15) is 14.4 Å². The molecule has 0 amide bonds. The zero-order valence-electron chi connectivity index (χ0n) is 17.3. The molecular weight excluding hydrogens is 392 g/mol. The number of fused-ring (bicyclic) bond motifs is 4. The molecule has 8 nitrogen and oxygen atoms in total. The fourth-order valence-corrected chi connectivity index (χ4v) is 5.26. The number of aliphatic hydroxyl groups excluding tert-OH is 1. The van der Waals surface area contributed by atoms with Gasteiger partial charge < -0.3 is 24.1 Å². The number of epoxide rings is 1. The maximum absolute atomic E-state index is 12.6. The Morgan fingerprint density at radius 1 is 1.33 bits per heavy atom. The predicted octanol–water partition coefficient (Wildman–Crippen LogP) is 1.23. The number of esters is 3. The summed E-state index contributed by atoms with van der Waals surface area (Å²) in [5, 5.41) is 9.07. The summed E-state index contributed by atoms with van der Waals surface area (Å²) in [7, 11) is 0. The van der Waals surface area contributed by atoms with E-state index in [2.05, 4.69) is 6.58 Å². The first-order valence-electron chi connectivity index (χ1n) is 10.1. The second kappa shape index (κ2) is 7.35. The second-order valence-electron chi connectivity index (χ2n) is 8.53. The highest BCUT2D eigenvalue weighted by molar-refractivity contribution is 5.92. The van der Waals surface area contributed by atoms with Crippen molar-refractivity contribution >= 4 is 17.9 Å². The molecule has 7 atom stereocenters. The molecule has 0 aromatic rings. The van der Waals surface area contributed by atoms with Gasteiger partial charge in [-0.1, -0.05) is 12.2 Å². The molecule has 0 aromatic carbocycles. The highest BCUT2D eigenvalue weighted by Gasteiger charge is 2.68. The molecule has 1 saturated carbocycles. The first kappa shape index (κ1) is 20.8. The third-order valence-corrected chi connectivity index (χ3v) is 6.66. The molecule has 2 saturated heterocycles. The van der Waals surface area contributed by atoms with Crippen LogP contribution in [0.3, 0.4) is 0 Å². The van der Waals surface area contributed by atoms with E-state index in [-0.39, 0.29) is 29.6 Å². The number of hydrogen-bond donors (Lipinski definition) is 1. The normalized spacial score (nSPS) is 39.6. The van der Waals surface area contributed by atoms with Gasteiger partial charge in [-0.3, -0.25) is 4.79 Å². The van der Waals surface area contributed by atoms with Crippen LogP contribution < -0.4 is 0 Å². The van der Waals surface area contributed by atoms with E-state index in [0.29, 0.717) is 13.0 Å². The lowest BCUT2D eigenvalue weighted by Gasteiger charge is -2.31. The maximum atomic E-state index is 12.6. The summed E-state index contributed by atoms with van der Waals surface area (Å²) in [5.74, 6) is -2.50. The number of rotatable bonds is 4. The molecule has 4 aliphatic rings. The average Bonchev–Trinajstić information content (AvgIpc) is 3.30. The van der Waals surface area contributed by atoms with Gasteiger partial charge in [0.2, 0.25) is 0 Å². The van der Waals surface area contributed by atoms with Crippen LogP contribution in [0, 0.1) is 17.8 Å². The lowest BCUT2D eigenvalue weighted by molar-refractivity contribution is -0.151. The molecule has 2 aliphatic heterocycles. The van der Waals surface area contributed by atoms with E-state index in [0.717, 1.165) is 5.57 Å². The van der Waals surface area contributed by atoms with Gasteiger partial charge >= 0.3 is 17.9 Å². The Kier molecular flexibility index (Phi) is 5.10. The highest BCUT2D eigenvalue weighted by Crippen LogP contribution is 2.58. The van der Waals surface area contributed by atoms with Gasteiger partial charge in [0.1, 0.15) is 23.9 Å². The van der Waals surface area contributed by atoms with Gasteiger partial charge in [0.05, 0.1) is 19.1 Å². The van der Waals surface area contributed by atoms with Crippen LogP contribution in [0.2, 0.25) is 0 Å². The molecule has 0 bridgehead atoms. The summed E-state index contributed by atoms with van der Waals surface area (Å²) in [5.41, 5.74) is 0.841. The molecule has 0 unspecified atom stereocenters. The monoisotopic (exact) mass is 418 g/mol. The highest BCUT2D eigenvalue weighted by atomic mass is 16.6. The molecule has 1 N–H and O–H groups in total. The Bertz CT molecular complexity index is 864. The largest absolute Gasteiger partial charge is 0.458 e. The van der Waals surface area contributed by atoms with Crippen LogP contribution in [-0.2, 0) is 33.3 Å². The van der Waals surface area contributed by atoms with Crippen molar-refractivity contribution in [2.45, 2.75) is 51.1 Å². The van der Waals surface area contributed by atoms with Gasteiger partial charge in [0, 0.05) is 36.3 Å². The van der Waals surface area contributed by atoms with Gasteiger partial charge in [-0.2, -0.15) is 0 Å². The number of hydrogen-bond acceptors (Lipinski definition) is 8. The van der Waals surface area contributed by atoms with Gasteiger partial charge in [-0.05, 0) is 26.0 Å². The van der Waals surface area contributed by atoms with E-state index in [1.807, 2.05) is 13.0 Å². The molecule has 1 spiro atoms. The number of aliphatic hydroxyl groups is 1. The summed E-state index contributed by atoms with van der Waals surface area (Å²) in [6, 6.07) is 0. The third-order valence-electron chi connectivity index (χ3n) is 6.66. The van der Waals surface area contributed by atoms with Gasteiger partial charge in [0.25, 0.3) is 0 Å². The lowest BCUT2D eigenvalue weighted by atomic mass is 9.77. The minimum atomic E-state index is -0.692. The van der Waals surface area contributed by atoms with E-state index in [1.54, 1.807) is 6.92 Å². The second-order valence-corrected chi connectivity index (χ2v) is 8.53. The number of carbonyl (C=O) groups is 3. The number of ether oxygens (including phenoxy) is 4. The van der Waals surface area contributed by atoms with E-state index >= 15 is 0 Å². The fourth-order valence-electron chi connectivity index (χ4n) is 5.26. The molecule has 2 heterocycles. The maximum Gasteiger partial charge on any atom is 0.334 e. The summed E-state index contributed by atoms with van der Waals surface area (Å²) in [6.45, 7) is 8.90. The first-order chi connectivity index (χ1) is 14.2. The summed E-state index contributed by atoms with van der Waals surface area (Å²) in [4.78, 5) is 36.7. The van der Waals surface area contributed by atoms with Gasteiger partial charge in [-0.15, -0.1) is 0 Å². The van der Waals surface area contributed by atoms with Crippen LogP contribution in [0.5, 0.6) is 0 Å². The SMILES string of the molecule is C=C1C(=O)O[C@@H]2[C@H]3C(C)=C[C@H](OC(C)=O)[C@H]3[C@@]3(CO3)C[C@@H](OC(=O)/C(C)=C/CO)[C@@H]12. The molecule has 0 aromatic heterocycles. The van der Waals surface area contributed by atoms with Gasteiger partial charge in [0.15, 0.2) is 0 Å². The summed E-state index contributed by atoms with van der Waals surface area (Å²) in [6.07, 6.45) is 1.81. The smallest absolute Gasteiger partial charge is 0.334 e. The van der Waals surface area contributed by atoms with Gasteiger partial charge in [-0.25, -0.2) is 9.59 Å². The topological polar surface area (TPSA) is 112 Å². The Morgan fingerprint density at radius 3 is 2.63 bits per heavy atom. The molecule has 0 radical (unpaired) electrons. The molecule has 2 aliphatic carbocycles. The fraction of sp³-hybridized carbons (Fsp3) is 0.591. The molecule has 162 valence electrons. The molecule has 3 fully saturated rings. The van der Waals surface area contributed by atoms with Crippen molar-refractivity contribution in [3.8, 4) is 0 Å².